The van der Waals surface area contributed by atoms with Crippen molar-refractivity contribution >= 4 is 102 Å². The lowest BCUT2D eigenvalue weighted by Gasteiger charge is -2.46. The summed E-state index contributed by atoms with van der Waals surface area (Å²) in [5.41, 5.74) is 29.4. The summed E-state index contributed by atoms with van der Waals surface area (Å²) in [6.07, 6.45) is 0. The average molecular weight is 1390 g/mol. The summed E-state index contributed by atoms with van der Waals surface area (Å²) in [6.45, 7) is 9.02. The number of fused-ring (bicyclic) bond motifs is 4. The summed E-state index contributed by atoms with van der Waals surface area (Å²) in [4.78, 5) is 14.2. The zero-order valence-corrected chi connectivity index (χ0v) is 61.1. The Morgan fingerprint density at radius 3 is 0.694 bits per heavy atom. The van der Waals surface area contributed by atoms with Gasteiger partial charge in [-0.2, -0.15) is 0 Å². The second kappa shape index (κ2) is 29.5. The fraction of sp³-hybridized carbons (Fsp3) is 0.0588. The van der Waals surface area contributed by atoms with Crippen molar-refractivity contribution in [1.29, 1.82) is 0 Å². The largest absolute Gasteiger partial charge is 0.311 e. The highest BCUT2D eigenvalue weighted by Crippen LogP contribution is 2.59. The van der Waals surface area contributed by atoms with E-state index in [9.17, 15) is 0 Å². The highest BCUT2D eigenvalue weighted by molar-refractivity contribution is 5.93. The molecule has 0 amide bonds. The van der Waals surface area contributed by atoms with Gasteiger partial charge in [0.1, 0.15) is 0 Å². The molecule has 2 aliphatic heterocycles. The van der Waals surface area contributed by atoms with Crippen molar-refractivity contribution in [1.82, 2.24) is 0 Å². The fourth-order valence-corrected chi connectivity index (χ4v) is 16.1. The number of para-hydroxylation sites is 8. The van der Waals surface area contributed by atoms with E-state index in [1.54, 1.807) is 0 Å². The van der Waals surface area contributed by atoms with Crippen LogP contribution in [0, 0.1) is 13.8 Å². The van der Waals surface area contributed by atoms with Gasteiger partial charge >= 0.3 is 0 Å². The quantitative estimate of drug-likeness (QED) is 0.0953. The summed E-state index contributed by atoms with van der Waals surface area (Å²) in [7, 11) is 0. The van der Waals surface area contributed by atoms with Crippen LogP contribution in [-0.2, 0) is 10.8 Å². The molecule has 0 radical (unpaired) electrons. The first kappa shape index (κ1) is 67.5. The SMILES string of the molecule is CC1(C)c2cc(N(c3ccccc3)c3ccccc3)ccc2N(c2ccc(N(c3ccccc3)c3ccccc3)cc2)c2ccc(N(c3ccccc3)c3ccccc3)cc21.Cc1ccc(N(c2ccc(C)cc2)c2ccc(N3c4ccccc4C(c4ccccc4)(c4ccccc4)c4ccccc43)cc2)cc1. The van der Waals surface area contributed by atoms with Gasteiger partial charge in [-0.3, -0.25) is 0 Å². The van der Waals surface area contributed by atoms with Crippen molar-refractivity contribution in [2.45, 2.75) is 38.5 Å². The summed E-state index contributed by atoms with van der Waals surface area (Å²) in [6, 6.07) is 153. The third kappa shape index (κ3) is 12.7. The van der Waals surface area contributed by atoms with Crippen molar-refractivity contribution in [2.75, 3.05) is 29.4 Å². The van der Waals surface area contributed by atoms with Crippen molar-refractivity contribution in [3.63, 3.8) is 0 Å². The van der Waals surface area contributed by atoms with Gasteiger partial charge in [-0.25, -0.2) is 0 Å². The van der Waals surface area contributed by atoms with Crippen LogP contribution >= 0.6 is 0 Å². The maximum Gasteiger partial charge on any atom is 0.0742 e. The van der Waals surface area contributed by atoms with Gasteiger partial charge in [0, 0.05) is 85.0 Å². The number of rotatable bonds is 16. The number of aryl methyl sites for hydroxylation is 2. The number of hydrogen-bond donors (Lipinski definition) is 0. The van der Waals surface area contributed by atoms with Crippen LogP contribution in [-0.4, -0.2) is 0 Å². The van der Waals surface area contributed by atoms with E-state index in [1.807, 2.05) is 0 Å². The minimum atomic E-state index is -0.472. The Labute approximate surface area is 635 Å². The molecule has 0 spiro atoms. The van der Waals surface area contributed by atoms with Crippen LogP contribution in [0.1, 0.15) is 58.4 Å². The molecule has 16 aromatic carbocycles. The van der Waals surface area contributed by atoms with Gasteiger partial charge in [-0.15, -0.1) is 0 Å². The first-order chi connectivity index (χ1) is 53.2. The lowest BCUT2D eigenvalue weighted by Crippen LogP contribution is -2.37. The van der Waals surface area contributed by atoms with Crippen LogP contribution in [0.15, 0.2) is 425 Å². The third-order valence-corrected chi connectivity index (χ3v) is 21.2. The molecule has 2 aliphatic rings. The van der Waals surface area contributed by atoms with Crippen LogP contribution in [0.2, 0.25) is 0 Å². The molecule has 0 bridgehead atoms. The summed E-state index contributed by atoms with van der Waals surface area (Å²) < 4.78 is 0. The van der Waals surface area contributed by atoms with Gasteiger partial charge in [0.25, 0.3) is 0 Å². The molecule has 0 aromatic heterocycles. The van der Waals surface area contributed by atoms with E-state index < -0.39 is 5.41 Å². The molecule has 0 aliphatic carbocycles. The first-order valence-corrected chi connectivity index (χ1v) is 37.2. The van der Waals surface area contributed by atoms with E-state index in [-0.39, 0.29) is 5.41 Å². The maximum absolute atomic E-state index is 2.45. The predicted octanol–water partition coefficient (Wildman–Crippen LogP) is 28.1. The van der Waals surface area contributed by atoms with E-state index in [0.717, 1.165) is 91.0 Å². The van der Waals surface area contributed by atoms with Crippen molar-refractivity contribution in [2.24, 2.45) is 0 Å². The molecule has 520 valence electrons. The second-order valence-corrected chi connectivity index (χ2v) is 28.3. The molecule has 6 nitrogen and oxygen atoms in total. The van der Waals surface area contributed by atoms with Gasteiger partial charge in [0.15, 0.2) is 0 Å². The summed E-state index contributed by atoms with van der Waals surface area (Å²) in [5, 5.41) is 0. The summed E-state index contributed by atoms with van der Waals surface area (Å²) in [5.74, 6) is 0. The van der Waals surface area contributed by atoms with E-state index in [4.69, 9.17) is 0 Å². The minimum Gasteiger partial charge on any atom is -0.311 e. The van der Waals surface area contributed by atoms with E-state index in [2.05, 4.69) is 482 Å². The lowest BCUT2D eigenvalue weighted by molar-refractivity contribution is 0.632. The van der Waals surface area contributed by atoms with Crippen LogP contribution in [0.4, 0.5) is 102 Å². The van der Waals surface area contributed by atoms with Crippen LogP contribution in [0.3, 0.4) is 0 Å². The van der Waals surface area contributed by atoms with Gasteiger partial charge < -0.3 is 29.4 Å². The van der Waals surface area contributed by atoms with Gasteiger partial charge in [0.2, 0.25) is 0 Å². The molecule has 108 heavy (non-hydrogen) atoms. The number of anilines is 18. The third-order valence-electron chi connectivity index (χ3n) is 21.2. The maximum atomic E-state index is 2.45. The summed E-state index contributed by atoms with van der Waals surface area (Å²) >= 11 is 0. The smallest absolute Gasteiger partial charge is 0.0742 e. The van der Waals surface area contributed by atoms with E-state index >= 15 is 0 Å². The Morgan fingerprint density at radius 2 is 0.407 bits per heavy atom. The predicted molar refractivity (Wildman–Crippen MR) is 454 cm³/mol. The molecule has 0 saturated heterocycles. The molecule has 0 fully saturated rings. The highest BCUT2D eigenvalue weighted by Gasteiger charge is 2.46. The van der Waals surface area contributed by atoms with Crippen LogP contribution in [0.5, 0.6) is 0 Å². The Morgan fingerprint density at radius 1 is 0.194 bits per heavy atom. The Bertz CT molecular complexity index is 5320. The lowest BCUT2D eigenvalue weighted by atomic mass is 9.62. The number of nitrogens with zero attached hydrogens (tertiary/aromatic N) is 6. The zero-order chi connectivity index (χ0) is 73.0. The molecule has 0 atom stereocenters. The Hall–Kier alpha value is -13.7. The average Bonchev–Trinajstić information content (AvgIpc) is 0.697. The van der Waals surface area contributed by atoms with E-state index in [1.165, 1.54) is 55.9 Å². The molecule has 0 saturated carbocycles. The molecule has 0 unspecified atom stereocenters. The molecule has 16 aromatic rings. The molecule has 2 heterocycles. The molecular formula is C102H82N6. The fourth-order valence-electron chi connectivity index (χ4n) is 16.1. The molecule has 6 heteroatoms. The Kier molecular flexibility index (Phi) is 18.4. The van der Waals surface area contributed by atoms with Crippen LogP contribution in [0.25, 0.3) is 0 Å². The Balaban J connectivity index is 0.000000164. The molecule has 18 rings (SSSR count). The van der Waals surface area contributed by atoms with Gasteiger partial charge in [-0.05, 0) is 241 Å². The standard InChI is InChI=1S/C57H46N4.C45H36N2/c1-57(2)53-41-51(59(45-25-13-5-14-26-45)46-27-15-6-16-28-46)37-39-55(53)61(50-35-33-49(34-36-50)58(43-21-9-3-10-22-43)44-23-11-4-12-24-44)56-40-38-52(42-54(56)57)60(47-29-17-7-18-30-47)48-31-19-8-20-32-48;1-33-21-25-37(26-22-33)46(38-27-23-34(2)24-28-38)39-29-31-40(32-30-39)47-43-19-11-9-17-41(43)45(35-13-5-3-6-14-35,36-15-7-4-8-16-36)42-18-10-12-20-44(42)47/h3-42H,1-2H3;3-32H,1-2H3. The second-order valence-electron chi connectivity index (χ2n) is 28.3. The monoisotopic (exact) mass is 1390 g/mol. The first-order valence-electron chi connectivity index (χ1n) is 37.2. The van der Waals surface area contributed by atoms with E-state index in [0.29, 0.717) is 0 Å². The molecule has 0 N–H and O–H groups in total. The van der Waals surface area contributed by atoms with Crippen molar-refractivity contribution < 1.29 is 0 Å². The van der Waals surface area contributed by atoms with Gasteiger partial charge in [-0.1, -0.05) is 255 Å². The number of hydrogen-bond acceptors (Lipinski definition) is 6. The van der Waals surface area contributed by atoms with Crippen LogP contribution < -0.4 is 29.4 Å². The normalized spacial score (nSPS) is 12.7. The van der Waals surface area contributed by atoms with Crippen molar-refractivity contribution in [3.05, 3.63) is 469 Å². The van der Waals surface area contributed by atoms with Gasteiger partial charge in [0.05, 0.1) is 28.2 Å². The zero-order valence-electron chi connectivity index (χ0n) is 61.1. The topological polar surface area (TPSA) is 19.4 Å². The molecular weight excluding hydrogens is 1310 g/mol. The number of benzene rings is 16. The minimum absolute atomic E-state index is 0.372. The highest BCUT2D eigenvalue weighted by atomic mass is 15.2. The van der Waals surface area contributed by atoms with Crippen molar-refractivity contribution in [3.8, 4) is 0 Å².